The molecule has 0 bridgehead atoms. The van der Waals surface area contributed by atoms with E-state index in [0.29, 0.717) is 10.6 Å². The first-order chi connectivity index (χ1) is 11.8. The molecule has 0 N–H and O–H groups in total. The van der Waals surface area contributed by atoms with Gasteiger partial charge in [-0.15, -0.1) is 11.3 Å². The number of thiazole rings is 1. The van der Waals surface area contributed by atoms with Gasteiger partial charge in [0, 0.05) is 17.7 Å². The van der Waals surface area contributed by atoms with Crippen molar-refractivity contribution in [2.45, 2.75) is 0 Å². The Kier molecular flexibility index (Phi) is 4.47. The quantitative estimate of drug-likeness (QED) is 0.384. The molecule has 0 atom stereocenters. The van der Waals surface area contributed by atoms with Crippen LogP contribution in [0, 0.1) is 10.1 Å². The molecule has 0 aliphatic heterocycles. The van der Waals surface area contributed by atoms with E-state index in [1.54, 1.807) is 0 Å². The summed E-state index contributed by atoms with van der Waals surface area (Å²) in [4.78, 5) is 14.7. The predicted molar refractivity (Wildman–Crippen MR) is 94.3 cm³/mol. The molecule has 3 aromatic rings. The summed E-state index contributed by atoms with van der Waals surface area (Å²) < 4.78 is 28.0. The highest BCUT2D eigenvalue weighted by Gasteiger charge is 2.16. The van der Waals surface area contributed by atoms with Crippen molar-refractivity contribution < 1.29 is 17.6 Å². The van der Waals surface area contributed by atoms with E-state index in [0.717, 1.165) is 16.5 Å². The molecule has 0 saturated heterocycles. The zero-order valence-electron chi connectivity index (χ0n) is 12.8. The van der Waals surface area contributed by atoms with Gasteiger partial charge in [-0.2, -0.15) is 8.42 Å². The highest BCUT2D eigenvalue weighted by atomic mass is 32.2. The van der Waals surface area contributed by atoms with Crippen LogP contribution in [0.25, 0.3) is 10.2 Å². The molecule has 1 heterocycles. The van der Waals surface area contributed by atoms with E-state index in [1.807, 2.05) is 24.3 Å². The fourth-order valence-electron chi connectivity index (χ4n) is 2.03. The molecule has 8 nitrogen and oxygen atoms in total. The van der Waals surface area contributed by atoms with Crippen LogP contribution in [0.4, 0.5) is 5.69 Å². The van der Waals surface area contributed by atoms with Gasteiger partial charge in [-0.3, -0.25) is 14.4 Å². The molecule has 0 unspecified atom stereocenters. The number of fused-ring (bicyclic) bond motifs is 1. The van der Waals surface area contributed by atoms with Gasteiger partial charge in [-0.25, -0.2) is 4.98 Å². The number of nitro benzene ring substituents is 1. The van der Waals surface area contributed by atoms with E-state index in [9.17, 15) is 18.5 Å². The Hall–Kier alpha value is -2.85. The zero-order chi connectivity index (χ0) is 18.0. The van der Waals surface area contributed by atoms with Gasteiger partial charge >= 0.3 is 10.1 Å². The van der Waals surface area contributed by atoms with Gasteiger partial charge in [0.25, 0.3) is 5.69 Å². The average molecular weight is 377 g/mol. The molecular weight excluding hydrogens is 366 g/mol. The number of non-ortho nitro benzene ring substituents is 1. The van der Waals surface area contributed by atoms with Crippen LogP contribution in [0.3, 0.4) is 0 Å². The van der Waals surface area contributed by atoms with Crippen molar-refractivity contribution in [3.05, 3.63) is 69.2 Å². The van der Waals surface area contributed by atoms with Gasteiger partial charge in [0.2, 0.25) is 0 Å². The van der Waals surface area contributed by atoms with Crippen molar-refractivity contribution in [1.29, 1.82) is 0 Å². The van der Waals surface area contributed by atoms with Crippen LogP contribution in [-0.4, -0.2) is 30.3 Å². The topological polar surface area (TPSA) is 112 Å². The molecule has 0 aliphatic carbocycles. The Morgan fingerprint density at radius 2 is 1.88 bits per heavy atom. The molecular formula is C15H11N3O5S2. The number of para-hydroxylation sites is 1. The first kappa shape index (κ1) is 17.0. The number of oxime groups is 1. The van der Waals surface area contributed by atoms with E-state index >= 15 is 0 Å². The molecule has 10 heteroatoms. The van der Waals surface area contributed by atoms with Crippen molar-refractivity contribution >= 4 is 43.1 Å². The number of nitrogens with zero attached hydrogens (tertiary/aromatic N) is 3. The summed E-state index contributed by atoms with van der Waals surface area (Å²) in [6.07, 6.45) is 0.877. The summed E-state index contributed by atoms with van der Waals surface area (Å²) in [6, 6.07) is 12.9. The minimum absolute atomic E-state index is 0.0866. The lowest BCUT2D eigenvalue weighted by atomic mass is 10.1. The molecule has 1 aromatic heterocycles. The summed E-state index contributed by atoms with van der Waals surface area (Å²) in [6.45, 7) is 0. The van der Waals surface area contributed by atoms with Crippen molar-refractivity contribution in [2.24, 2.45) is 5.16 Å². The van der Waals surface area contributed by atoms with Crippen LogP contribution in [0.5, 0.6) is 0 Å². The highest BCUT2D eigenvalue weighted by molar-refractivity contribution is 7.85. The standard InChI is InChI=1S/C15H11N3O5S2/c1-25(21,22)23-17-14(10-6-8-11(9-7-10)18(19)20)15-16-12-4-2-3-5-13(12)24-15/h2-9H,1H3. The van der Waals surface area contributed by atoms with E-state index in [-0.39, 0.29) is 11.4 Å². The monoisotopic (exact) mass is 377 g/mol. The highest BCUT2D eigenvalue weighted by Crippen LogP contribution is 2.25. The van der Waals surface area contributed by atoms with E-state index in [4.69, 9.17) is 0 Å². The summed E-state index contributed by atoms with van der Waals surface area (Å²) in [5.41, 5.74) is 1.28. The number of rotatable bonds is 5. The molecule has 0 radical (unpaired) electrons. The molecule has 3 rings (SSSR count). The second-order valence-corrected chi connectivity index (χ2v) is 7.60. The van der Waals surface area contributed by atoms with E-state index < -0.39 is 15.0 Å². The molecule has 2 aromatic carbocycles. The first-order valence-electron chi connectivity index (χ1n) is 6.91. The number of benzene rings is 2. The lowest BCUT2D eigenvalue weighted by molar-refractivity contribution is -0.384. The van der Waals surface area contributed by atoms with Crippen LogP contribution in [0.15, 0.2) is 53.7 Å². The maximum Gasteiger partial charge on any atom is 0.325 e. The Morgan fingerprint density at radius 1 is 1.20 bits per heavy atom. The molecule has 25 heavy (non-hydrogen) atoms. The third-order valence-corrected chi connectivity index (χ3v) is 4.50. The summed E-state index contributed by atoms with van der Waals surface area (Å²) in [7, 11) is -3.81. The smallest absolute Gasteiger partial charge is 0.268 e. The summed E-state index contributed by atoms with van der Waals surface area (Å²) in [5, 5.41) is 14.9. The van der Waals surface area contributed by atoms with Crippen LogP contribution < -0.4 is 0 Å². The van der Waals surface area contributed by atoms with Gasteiger partial charge in [-0.1, -0.05) is 17.3 Å². The number of aromatic nitrogens is 1. The summed E-state index contributed by atoms with van der Waals surface area (Å²) >= 11 is 1.31. The van der Waals surface area contributed by atoms with Crippen LogP contribution in [-0.2, 0) is 14.4 Å². The van der Waals surface area contributed by atoms with Gasteiger partial charge in [0.1, 0.15) is 10.7 Å². The Bertz CT molecular complexity index is 1040. The molecule has 0 fully saturated rings. The van der Waals surface area contributed by atoms with Crippen LogP contribution in [0.1, 0.15) is 10.6 Å². The van der Waals surface area contributed by atoms with Crippen molar-refractivity contribution in [1.82, 2.24) is 4.98 Å². The van der Waals surface area contributed by atoms with Crippen molar-refractivity contribution in [3.8, 4) is 0 Å². The zero-order valence-corrected chi connectivity index (χ0v) is 14.5. The maximum absolute atomic E-state index is 11.3. The van der Waals surface area contributed by atoms with Gasteiger partial charge in [0.05, 0.1) is 21.4 Å². The summed E-state index contributed by atoms with van der Waals surface area (Å²) in [5.74, 6) is 0. The lowest BCUT2D eigenvalue weighted by Gasteiger charge is -2.03. The fourth-order valence-corrected chi connectivity index (χ4v) is 3.21. The van der Waals surface area contributed by atoms with Gasteiger partial charge in [-0.05, 0) is 24.3 Å². The SMILES string of the molecule is CS(=O)(=O)ON=C(c1ccc([N+](=O)[O-])cc1)c1nc2ccccc2s1. The maximum atomic E-state index is 11.3. The number of nitro groups is 1. The second-order valence-electron chi connectivity index (χ2n) is 5.01. The normalized spacial score (nSPS) is 12.3. The van der Waals surface area contributed by atoms with Crippen molar-refractivity contribution in [3.63, 3.8) is 0 Å². The Balaban J connectivity index is 2.10. The molecule has 0 spiro atoms. The largest absolute Gasteiger partial charge is 0.325 e. The first-order valence-corrected chi connectivity index (χ1v) is 9.54. The molecule has 0 saturated carbocycles. The molecule has 0 amide bonds. The van der Waals surface area contributed by atoms with Gasteiger partial charge < -0.3 is 0 Å². The number of hydrogen-bond donors (Lipinski definition) is 0. The predicted octanol–water partition coefficient (Wildman–Crippen LogP) is 2.93. The number of hydrogen-bond acceptors (Lipinski definition) is 8. The second kappa shape index (κ2) is 6.57. The van der Waals surface area contributed by atoms with E-state index in [1.165, 1.54) is 35.6 Å². The molecule has 128 valence electrons. The van der Waals surface area contributed by atoms with Crippen LogP contribution >= 0.6 is 11.3 Å². The average Bonchev–Trinajstić information content (AvgIpc) is 2.98. The third kappa shape index (κ3) is 3.98. The van der Waals surface area contributed by atoms with Crippen molar-refractivity contribution in [2.75, 3.05) is 6.26 Å². The fraction of sp³-hybridized carbons (Fsp3) is 0.0667. The molecule has 0 aliphatic rings. The van der Waals surface area contributed by atoms with E-state index in [2.05, 4.69) is 14.4 Å². The minimum Gasteiger partial charge on any atom is -0.268 e. The Labute approximate surface area is 146 Å². The van der Waals surface area contributed by atoms with Gasteiger partial charge in [0.15, 0.2) is 0 Å². The lowest BCUT2D eigenvalue weighted by Crippen LogP contribution is -2.07. The van der Waals surface area contributed by atoms with Crippen LogP contribution in [0.2, 0.25) is 0 Å². The minimum atomic E-state index is -3.81. The third-order valence-electron chi connectivity index (χ3n) is 3.11. The Morgan fingerprint density at radius 3 is 2.48 bits per heavy atom.